The molecule has 2 heterocycles. The van der Waals surface area contributed by atoms with Crippen molar-refractivity contribution < 1.29 is 9.90 Å². The second-order valence-corrected chi connectivity index (χ2v) is 5.56. The molecule has 6 heteroatoms. The van der Waals surface area contributed by atoms with Gasteiger partial charge in [0.1, 0.15) is 11.5 Å². The van der Waals surface area contributed by atoms with Crippen LogP contribution in [0.1, 0.15) is 25.8 Å². The van der Waals surface area contributed by atoms with Crippen molar-refractivity contribution in [1.29, 1.82) is 0 Å². The van der Waals surface area contributed by atoms with Gasteiger partial charge in [-0.1, -0.05) is 11.8 Å². The SMILES string of the molecule is Cc1ncsc1C(=O)NCc1cc(C#CCO)cs1. The van der Waals surface area contributed by atoms with Crippen molar-refractivity contribution in [3.05, 3.63) is 38.0 Å². The molecule has 0 aliphatic rings. The number of rotatable bonds is 3. The minimum Gasteiger partial charge on any atom is -0.384 e. The minimum atomic E-state index is -0.146. The Labute approximate surface area is 119 Å². The molecule has 1 amide bonds. The number of carbonyl (C=O) groups excluding carboxylic acids is 1. The third-order valence-corrected chi connectivity index (χ3v) is 4.20. The van der Waals surface area contributed by atoms with Gasteiger partial charge in [0.2, 0.25) is 0 Å². The molecule has 0 unspecified atom stereocenters. The van der Waals surface area contributed by atoms with Gasteiger partial charge in [0.25, 0.3) is 5.91 Å². The summed E-state index contributed by atoms with van der Waals surface area (Å²) in [4.78, 5) is 17.6. The van der Waals surface area contributed by atoms with Gasteiger partial charge < -0.3 is 10.4 Å². The quantitative estimate of drug-likeness (QED) is 0.848. The molecule has 0 saturated heterocycles. The van der Waals surface area contributed by atoms with Crippen LogP contribution in [0.25, 0.3) is 0 Å². The van der Waals surface area contributed by atoms with Gasteiger partial charge >= 0.3 is 0 Å². The van der Waals surface area contributed by atoms with Crippen LogP contribution in [0.3, 0.4) is 0 Å². The summed E-state index contributed by atoms with van der Waals surface area (Å²) in [5.41, 5.74) is 3.28. The first-order chi connectivity index (χ1) is 9.20. The summed E-state index contributed by atoms with van der Waals surface area (Å²) < 4.78 is 0. The van der Waals surface area contributed by atoms with Gasteiger partial charge in [0.05, 0.1) is 17.7 Å². The average Bonchev–Trinajstić information content (AvgIpc) is 3.02. The van der Waals surface area contributed by atoms with Crippen molar-refractivity contribution in [3.63, 3.8) is 0 Å². The lowest BCUT2D eigenvalue weighted by molar-refractivity contribution is 0.0954. The first kappa shape index (κ1) is 13.7. The van der Waals surface area contributed by atoms with Crippen molar-refractivity contribution in [2.24, 2.45) is 0 Å². The van der Waals surface area contributed by atoms with Crippen molar-refractivity contribution in [1.82, 2.24) is 10.3 Å². The lowest BCUT2D eigenvalue weighted by atomic mass is 10.3. The molecule has 0 radical (unpaired) electrons. The van der Waals surface area contributed by atoms with Crippen LogP contribution in [-0.2, 0) is 6.54 Å². The number of thiophene rings is 1. The van der Waals surface area contributed by atoms with Gasteiger partial charge in [-0.3, -0.25) is 4.79 Å². The molecule has 2 aromatic heterocycles. The Bertz CT molecular complexity index is 634. The standard InChI is InChI=1S/C13H12N2O2S2/c1-9-12(19-8-15-9)13(17)14-6-11-5-10(7-18-11)3-2-4-16/h5,7-8,16H,4,6H2,1H3,(H,14,17). The van der Waals surface area contributed by atoms with E-state index in [0.29, 0.717) is 11.4 Å². The number of aromatic nitrogens is 1. The molecule has 98 valence electrons. The molecule has 0 atom stereocenters. The first-order valence-electron chi connectivity index (χ1n) is 5.56. The summed E-state index contributed by atoms with van der Waals surface area (Å²) in [7, 11) is 0. The van der Waals surface area contributed by atoms with E-state index in [1.807, 2.05) is 18.4 Å². The van der Waals surface area contributed by atoms with Crippen LogP contribution in [0, 0.1) is 18.8 Å². The molecule has 19 heavy (non-hydrogen) atoms. The monoisotopic (exact) mass is 292 g/mol. The summed E-state index contributed by atoms with van der Waals surface area (Å²) in [6.07, 6.45) is 0. The molecule has 4 nitrogen and oxygen atoms in total. The van der Waals surface area contributed by atoms with E-state index >= 15 is 0 Å². The van der Waals surface area contributed by atoms with E-state index in [0.717, 1.165) is 16.1 Å². The highest BCUT2D eigenvalue weighted by atomic mass is 32.1. The van der Waals surface area contributed by atoms with Crippen LogP contribution < -0.4 is 5.32 Å². The fraction of sp³-hybridized carbons (Fsp3) is 0.231. The first-order valence-corrected chi connectivity index (χ1v) is 7.32. The van der Waals surface area contributed by atoms with Gasteiger partial charge in [-0.25, -0.2) is 4.98 Å². The molecule has 2 N–H and O–H groups in total. The number of aliphatic hydroxyl groups excluding tert-OH is 1. The highest BCUT2D eigenvalue weighted by molar-refractivity contribution is 7.12. The van der Waals surface area contributed by atoms with E-state index in [1.54, 1.807) is 5.51 Å². The number of carbonyl (C=O) groups is 1. The molecule has 0 bridgehead atoms. The third kappa shape index (κ3) is 3.64. The zero-order valence-electron chi connectivity index (χ0n) is 10.3. The summed E-state index contributed by atoms with van der Waals surface area (Å²) in [6.45, 7) is 2.15. The van der Waals surface area contributed by atoms with Gasteiger partial charge in [-0.05, 0) is 13.0 Å². The van der Waals surface area contributed by atoms with Crippen LogP contribution in [-0.4, -0.2) is 22.6 Å². The number of aliphatic hydroxyl groups is 1. The molecule has 0 aliphatic carbocycles. The zero-order chi connectivity index (χ0) is 13.7. The minimum absolute atomic E-state index is 0.101. The van der Waals surface area contributed by atoms with Crippen LogP contribution in [0.2, 0.25) is 0 Å². The number of nitrogens with one attached hydrogen (secondary N) is 1. The lowest BCUT2D eigenvalue weighted by Gasteiger charge is -2.01. The van der Waals surface area contributed by atoms with Gasteiger partial charge in [-0.15, -0.1) is 22.7 Å². The van der Waals surface area contributed by atoms with E-state index in [-0.39, 0.29) is 12.5 Å². The van der Waals surface area contributed by atoms with E-state index in [1.165, 1.54) is 22.7 Å². The molecule has 0 spiro atoms. The number of nitrogens with zero attached hydrogens (tertiary/aromatic N) is 1. The van der Waals surface area contributed by atoms with E-state index in [4.69, 9.17) is 5.11 Å². The Balaban J connectivity index is 1.94. The second-order valence-electron chi connectivity index (χ2n) is 3.71. The van der Waals surface area contributed by atoms with E-state index in [9.17, 15) is 4.79 Å². The maximum atomic E-state index is 11.9. The van der Waals surface area contributed by atoms with Crippen LogP contribution in [0.5, 0.6) is 0 Å². The number of amides is 1. The van der Waals surface area contributed by atoms with Gasteiger partial charge in [0, 0.05) is 15.8 Å². The van der Waals surface area contributed by atoms with Crippen molar-refractivity contribution in [2.75, 3.05) is 6.61 Å². The van der Waals surface area contributed by atoms with Crippen LogP contribution in [0.15, 0.2) is 17.0 Å². The predicted molar refractivity (Wildman–Crippen MR) is 76.3 cm³/mol. The summed E-state index contributed by atoms with van der Waals surface area (Å²) >= 11 is 2.87. The molecule has 0 saturated carbocycles. The molecular weight excluding hydrogens is 280 g/mol. The third-order valence-electron chi connectivity index (χ3n) is 2.34. The van der Waals surface area contributed by atoms with Gasteiger partial charge in [0.15, 0.2) is 0 Å². The molecule has 2 rings (SSSR count). The number of thiazole rings is 1. The Morgan fingerprint density at radius 1 is 1.53 bits per heavy atom. The number of aryl methyl sites for hydroxylation is 1. The summed E-state index contributed by atoms with van der Waals surface area (Å²) in [5.74, 6) is 5.32. The normalized spacial score (nSPS) is 9.79. The van der Waals surface area contributed by atoms with Crippen LogP contribution >= 0.6 is 22.7 Å². The molecule has 0 fully saturated rings. The maximum absolute atomic E-state index is 11.9. The highest BCUT2D eigenvalue weighted by Crippen LogP contribution is 2.15. The lowest BCUT2D eigenvalue weighted by Crippen LogP contribution is -2.22. The largest absolute Gasteiger partial charge is 0.384 e. The second kappa shape index (κ2) is 6.48. The molecule has 0 aliphatic heterocycles. The number of hydrogen-bond acceptors (Lipinski definition) is 5. The Hall–Kier alpha value is -1.68. The van der Waals surface area contributed by atoms with Crippen molar-refractivity contribution in [2.45, 2.75) is 13.5 Å². The average molecular weight is 292 g/mol. The highest BCUT2D eigenvalue weighted by Gasteiger charge is 2.11. The number of hydrogen-bond donors (Lipinski definition) is 2. The summed E-state index contributed by atoms with van der Waals surface area (Å²) in [6, 6.07) is 1.91. The molecular formula is C13H12N2O2S2. The molecule has 0 aromatic carbocycles. The molecule has 2 aromatic rings. The Kier molecular flexibility index (Phi) is 4.68. The van der Waals surface area contributed by atoms with Crippen molar-refractivity contribution >= 4 is 28.6 Å². The fourth-order valence-corrected chi connectivity index (χ4v) is 2.92. The maximum Gasteiger partial charge on any atom is 0.263 e. The predicted octanol–water partition coefficient (Wildman–Crippen LogP) is 1.79. The van der Waals surface area contributed by atoms with Gasteiger partial charge in [-0.2, -0.15) is 0 Å². The van der Waals surface area contributed by atoms with Crippen molar-refractivity contribution in [3.8, 4) is 11.8 Å². The van der Waals surface area contributed by atoms with Crippen LogP contribution in [0.4, 0.5) is 0 Å². The smallest absolute Gasteiger partial charge is 0.263 e. The Morgan fingerprint density at radius 2 is 2.37 bits per heavy atom. The summed E-state index contributed by atoms with van der Waals surface area (Å²) in [5, 5.41) is 13.4. The zero-order valence-corrected chi connectivity index (χ0v) is 11.9. The topological polar surface area (TPSA) is 62.2 Å². The Morgan fingerprint density at radius 3 is 3.05 bits per heavy atom. The van der Waals surface area contributed by atoms with E-state index in [2.05, 4.69) is 22.1 Å². The fourth-order valence-electron chi connectivity index (χ4n) is 1.45. The van der Waals surface area contributed by atoms with E-state index < -0.39 is 0 Å².